The van der Waals surface area contributed by atoms with Crippen LogP contribution >= 0.6 is 0 Å². The Hall–Kier alpha value is -2.14. The summed E-state index contributed by atoms with van der Waals surface area (Å²) < 4.78 is 1.98. The van der Waals surface area contributed by atoms with Crippen molar-refractivity contribution in [1.29, 1.82) is 0 Å². The van der Waals surface area contributed by atoms with Crippen LogP contribution in [0.25, 0.3) is 10.9 Å². The normalized spacial score (nSPS) is 15.8. The molecule has 1 fully saturated rings. The third-order valence-electron chi connectivity index (χ3n) is 5.47. The molecule has 25 heavy (non-hydrogen) atoms. The predicted molar refractivity (Wildman–Crippen MR) is 103 cm³/mol. The lowest BCUT2D eigenvalue weighted by atomic mass is 10.00. The van der Waals surface area contributed by atoms with Crippen molar-refractivity contribution >= 4 is 22.4 Å². The van der Waals surface area contributed by atoms with E-state index in [4.69, 9.17) is 0 Å². The highest BCUT2D eigenvalue weighted by molar-refractivity contribution is 5.99. The molecule has 3 rings (SSSR count). The molecule has 0 atom stereocenters. The van der Waals surface area contributed by atoms with E-state index in [-0.39, 0.29) is 11.2 Å². The highest BCUT2D eigenvalue weighted by Gasteiger charge is 2.21. The Morgan fingerprint density at radius 2 is 1.76 bits per heavy atom. The number of carbonyl (C=O) groups excluding carboxylic acids is 1. The van der Waals surface area contributed by atoms with E-state index in [9.17, 15) is 9.59 Å². The Morgan fingerprint density at radius 1 is 1.12 bits per heavy atom. The van der Waals surface area contributed by atoms with E-state index >= 15 is 0 Å². The number of piperazine rings is 1. The van der Waals surface area contributed by atoms with Crippen molar-refractivity contribution in [3.8, 4) is 0 Å². The van der Waals surface area contributed by atoms with Crippen LogP contribution in [0.5, 0.6) is 0 Å². The fourth-order valence-electron chi connectivity index (χ4n) is 3.77. The van der Waals surface area contributed by atoms with Crippen LogP contribution in [0.15, 0.2) is 16.9 Å². The first-order valence-electron chi connectivity index (χ1n) is 8.95. The van der Waals surface area contributed by atoms with E-state index < -0.39 is 0 Å². The van der Waals surface area contributed by atoms with Crippen molar-refractivity contribution in [3.63, 3.8) is 0 Å². The fraction of sp³-hybridized carbons (Fsp3) is 0.500. The van der Waals surface area contributed by atoms with Crippen molar-refractivity contribution in [1.82, 2.24) is 9.47 Å². The molecule has 0 spiro atoms. The lowest BCUT2D eigenvalue weighted by Gasteiger charge is -2.35. The fourth-order valence-corrected chi connectivity index (χ4v) is 3.77. The number of pyridine rings is 1. The van der Waals surface area contributed by atoms with E-state index in [2.05, 4.69) is 29.8 Å². The number of Topliss-reactive ketones (excluding diaryl/α,β-unsaturated/α-hetero) is 1. The number of hydrogen-bond acceptors (Lipinski definition) is 4. The first-order chi connectivity index (χ1) is 11.8. The molecular weight excluding hydrogens is 314 g/mol. The van der Waals surface area contributed by atoms with Crippen molar-refractivity contribution in [2.45, 2.75) is 27.2 Å². The molecule has 2 heterocycles. The molecular formula is C20H27N3O2. The molecule has 1 aliphatic heterocycles. The van der Waals surface area contributed by atoms with E-state index in [0.717, 1.165) is 43.8 Å². The molecule has 0 saturated carbocycles. The number of nitrogens with zero attached hydrogens (tertiary/aromatic N) is 3. The number of benzene rings is 1. The van der Waals surface area contributed by atoms with Gasteiger partial charge in [0.25, 0.3) is 0 Å². The van der Waals surface area contributed by atoms with Crippen LogP contribution in [0.1, 0.15) is 35.5 Å². The summed E-state index contributed by atoms with van der Waals surface area (Å²) in [5.74, 6) is -0.166. The second-order valence-corrected chi connectivity index (χ2v) is 7.05. The average Bonchev–Trinajstić information content (AvgIpc) is 2.59. The smallest absolute Gasteiger partial charge is 0.200 e. The summed E-state index contributed by atoms with van der Waals surface area (Å²) in [5, 5.41) is 0.646. The Balaban J connectivity index is 2.25. The number of rotatable bonds is 3. The number of anilines is 1. The van der Waals surface area contributed by atoms with E-state index in [1.807, 2.05) is 24.6 Å². The van der Waals surface area contributed by atoms with Crippen LogP contribution in [0.2, 0.25) is 0 Å². The first kappa shape index (κ1) is 17.7. The summed E-state index contributed by atoms with van der Waals surface area (Å²) in [6.45, 7) is 9.51. The number of likely N-dealkylation sites (N-methyl/N-ethyl adjacent to an activating group) is 1. The molecule has 1 saturated heterocycles. The second kappa shape index (κ2) is 6.64. The third-order valence-corrected chi connectivity index (χ3v) is 5.47. The van der Waals surface area contributed by atoms with Crippen LogP contribution in [-0.4, -0.2) is 48.5 Å². The van der Waals surface area contributed by atoms with Gasteiger partial charge in [0.1, 0.15) is 0 Å². The van der Waals surface area contributed by atoms with Gasteiger partial charge in [-0.15, -0.1) is 0 Å². The first-order valence-corrected chi connectivity index (χ1v) is 8.95. The molecule has 0 amide bonds. The van der Waals surface area contributed by atoms with Gasteiger partial charge >= 0.3 is 0 Å². The maximum atomic E-state index is 12.9. The zero-order chi connectivity index (χ0) is 18.3. The van der Waals surface area contributed by atoms with Crippen LogP contribution in [-0.2, 0) is 13.5 Å². The summed E-state index contributed by atoms with van der Waals surface area (Å²) in [6.07, 6.45) is 0.865. The second-order valence-electron chi connectivity index (χ2n) is 7.05. The number of hydrogen-bond donors (Lipinski definition) is 0. The van der Waals surface area contributed by atoms with Gasteiger partial charge in [0.2, 0.25) is 0 Å². The van der Waals surface area contributed by atoms with Crippen molar-refractivity contribution in [2.24, 2.45) is 7.05 Å². The lowest BCUT2D eigenvalue weighted by Crippen LogP contribution is -2.44. The molecule has 1 aliphatic rings. The van der Waals surface area contributed by atoms with Gasteiger partial charge in [-0.2, -0.15) is 0 Å². The average molecular weight is 341 g/mol. The minimum absolute atomic E-state index is 0.141. The largest absolute Gasteiger partial charge is 0.369 e. The number of aryl methyl sites for hydroxylation is 2. The van der Waals surface area contributed by atoms with Gasteiger partial charge in [0.15, 0.2) is 11.2 Å². The van der Waals surface area contributed by atoms with E-state index in [1.54, 1.807) is 0 Å². The monoisotopic (exact) mass is 341 g/mol. The summed E-state index contributed by atoms with van der Waals surface area (Å²) >= 11 is 0. The summed E-state index contributed by atoms with van der Waals surface area (Å²) in [7, 11) is 4.08. The standard InChI is InChI=1S/C20H27N3O2/c1-6-15-11-16-18(12-17(15)23-9-7-21(4)8-10-23)22(5)13(2)19(14(3)24)20(16)25/h11-12H,6-10H2,1-5H3. The van der Waals surface area contributed by atoms with Gasteiger partial charge in [0, 0.05) is 50.0 Å². The summed E-state index contributed by atoms with van der Waals surface area (Å²) in [4.78, 5) is 29.6. The predicted octanol–water partition coefficient (Wildman–Crippen LogP) is 2.36. The molecule has 2 aromatic rings. The van der Waals surface area contributed by atoms with Crippen LogP contribution in [0.3, 0.4) is 0 Å². The number of aromatic nitrogens is 1. The SMILES string of the molecule is CCc1cc2c(=O)c(C(C)=O)c(C)n(C)c2cc1N1CCN(C)CC1. The number of ketones is 1. The topological polar surface area (TPSA) is 45.6 Å². The molecule has 1 aromatic heterocycles. The molecule has 0 N–H and O–H groups in total. The van der Waals surface area contributed by atoms with Crippen LogP contribution in [0.4, 0.5) is 5.69 Å². The van der Waals surface area contributed by atoms with Crippen molar-refractivity contribution < 1.29 is 4.79 Å². The highest BCUT2D eigenvalue weighted by atomic mass is 16.1. The molecule has 5 nitrogen and oxygen atoms in total. The Bertz CT molecular complexity index is 890. The minimum Gasteiger partial charge on any atom is -0.369 e. The summed E-state index contributed by atoms with van der Waals surface area (Å²) in [6, 6.07) is 4.13. The lowest BCUT2D eigenvalue weighted by molar-refractivity contribution is 0.101. The Kier molecular flexibility index (Phi) is 4.69. The van der Waals surface area contributed by atoms with Crippen LogP contribution in [0, 0.1) is 6.92 Å². The minimum atomic E-state index is -0.166. The quantitative estimate of drug-likeness (QED) is 0.804. The van der Waals surface area contributed by atoms with E-state index in [0.29, 0.717) is 10.9 Å². The zero-order valence-electron chi connectivity index (χ0n) is 15.8. The molecule has 5 heteroatoms. The third kappa shape index (κ3) is 2.97. The van der Waals surface area contributed by atoms with Crippen molar-refractivity contribution in [3.05, 3.63) is 39.2 Å². The van der Waals surface area contributed by atoms with Gasteiger partial charge in [-0.05, 0) is 45.0 Å². The van der Waals surface area contributed by atoms with Gasteiger partial charge in [-0.3, -0.25) is 9.59 Å². The maximum absolute atomic E-state index is 12.9. The Morgan fingerprint density at radius 3 is 2.32 bits per heavy atom. The molecule has 0 aliphatic carbocycles. The molecule has 134 valence electrons. The number of carbonyl (C=O) groups is 1. The maximum Gasteiger partial charge on any atom is 0.200 e. The molecule has 0 radical (unpaired) electrons. The highest BCUT2D eigenvalue weighted by Crippen LogP contribution is 2.28. The number of fused-ring (bicyclic) bond motifs is 1. The van der Waals surface area contributed by atoms with Gasteiger partial charge in [-0.1, -0.05) is 6.92 Å². The van der Waals surface area contributed by atoms with E-state index in [1.165, 1.54) is 18.2 Å². The molecule has 0 bridgehead atoms. The Labute approximate surface area is 148 Å². The molecule has 1 aromatic carbocycles. The van der Waals surface area contributed by atoms with Crippen molar-refractivity contribution in [2.75, 3.05) is 38.1 Å². The van der Waals surface area contributed by atoms with Gasteiger partial charge in [0.05, 0.1) is 11.1 Å². The van der Waals surface area contributed by atoms with Gasteiger partial charge < -0.3 is 14.4 Å². The zero-order valence-corrected chi connectivity index (χ0v) is 15.8. The van der Waals surface area contributed by atoms with Gasteiger partial charge in [-0.25, -0.2) is 0 Å². The molecule has 0 unspecified atom stereocenters. The summed E-state index contributed by atoms with van der Waals surface area (Å²) in [5.41, 5.74) is 4.19. The van der Waals surface area contributed by atoms with Crippen LogP contribution < -0.4 is 10.3 Å².